The van der Waals surface area contributed by atoms with E-state index < -0.39 is 6.04 Å². The molecule has 0 saturated carbocycles. The average Bonchev–Trinajstić information content (AvgIpc) is 1.82. The van der Waals surface area contributed by atoms with Crippen LogP contribution in [0.2, 0.25) is 0 Å². The average molecular weight is 173 g/mol. The first-order chi connectivity index (χ1) is 5.24. The Balaban J connectivity index is 4.05. The topological polar surface area (TPSA) is 72.4 Å². The van der Waals surface area contributed by atoms with Crippen LogP contribution in [0, 0.1) is 0 Å². The molecule has 0 aliphatic rings. The highest BCUT2D eigenvalue weighted by molar-refractivity contribution is 5.80. The highest BCUT2D eigenvalue weighted by atomic mass is 16.2. The maximum atomic E-state index is 11.3. The van der Waals surface area contributed by atoms with Gasteiger partial charge in [-0.25, -0.2) is 0 Å². The van der Waals surface area contributed by atoms with Gasteiger partial charge in [0.2, 0.25) is 5.91 Å². The van der Waals surface area contributed by atoms with Crippen molar-refractivity contribution in [1.29, 1.82) is 0 Å². The molecule has 0 heterocycles. The molecule has 72 valence electrons. The lowest BCUT2D eigenvalue weighted by Crippen LogP contribution is -2.49. The van der Waals surface area contributed by atoms with Gasteiger partial charge in [0, 0.05) is 19.1 Å². The van der Waals surface area contributed by atoms with Gasteiger partial charge < -0.3 is 16.4 Å². The summed E-state index contributed by atoms with van der Waals surface area (Å²) in [5.41, 5.74) is 10.8. The van der Waals surface area contributed by atoms with E-state index in [4.69, 9.17) is 11.5 Å². The van der Waals surface area contributed by atoms with Crippen molar-refractivity contribution in [1.82, 2.24) is 4.90 Å². The minimum atomic E-state index is -0.447. The quantitative estimate of drug-likeness (QED) is 0.606. The molecule has 0 aromatic rings. The third-order valence-electron chi connectivity index (χ3n) is 1.41. The van der Waals surface area contributed by atoms with Crippen molar-refractivity contribution in [3.05, 3.63) is 0 Å². The van der Waals surface area contributed by atoms with E-state index in [1.54, 1.807) is 18.9 Å². The van der Waals surface area contributed by atoms with Crippen LogP contribution in [0.5, 0.6) is 0 Å². The standard InChI is InChI=1S/C8H19N3O/c1-6(9)7(12)11(4)5-8(2,3)10/h6H,5,9-10H2,1-4H3/t6-/m0/s1. The number of carbonyl (C=O) groups excluding carboxylic acids is 1. The Hall–Kier alpha value is -0.610. The van der Waals surface area contributed by atoms with Crippen LogP contribution >= 0.6 is 0 Å². The Morgan fingerprint density at radius 2 is 2.00 bits per heavy atom. The second-order valence-electron chi connectivity index (χ2n) is 3.97. The number of nitrogens with two attached hydrogens (primary N) is 2. The molecule has 4 nitrogen and oxygen atoms in total. The molecular weight excluding hydrogens is 154 g/mol. The van der Waals surface area contributed by atoms with E-state index in [0.717, 1.165) is 0 Å². The molecule has 4 N–H and O–H groups in total. The van der Waals surface area contributed by atoms with Crippen molar-refractivity contribution in [2.45, 2.75) is 32.4 Å². The van der Waals surface area contributed by atoms with Crippen molar-refractivity contribution in [2.75, 3.05) is 13.6 Å². The second-order valence-corrected chi connectivity index (χ2v) is 3.97. The van der Waals surface area contributed by atoms with Crippen molar-refractivity contribution >= 4 is 5.91 Å². The van der Waals surface area contributed by atoms with Crippen LogP contribution in [0.3, 0.4) is 0 Å². The molecule has 0 fully saturated rings. The van der Waals surface area contributed by atoms with Crippen LogP contribution in [-0.2, 0) is 4.79 Å². The van der Waals surface area contributed by atoms with Crippen molar-refractivity contribution < 1.29 is 4.79 Å². The van der Waals surface area contributed by atoms with Gasteiger partial charge in [0.15, 0.2) is 0 Å². The van der Waals surface area contributed by atoms with E-state index in [9.17, 15) is 4.79 Å². The van der Waals surface area contributed by atoms with Gasteiger partial charge in [-0.3, -0.25) is 4.79 Å². The molecular formula is C8H19N3O. The Morgan fingerprint density at radius 1 is 1.58 bits per heavy atom. The Bertz CT molecular complexity index is 160. The minimum Gasteiger partial charge on any atom is -0.343 e. The largest absolute Gasteiger partial charge is 0.343 e. The zero-order valence-corrected chi connectivity index (χ0v) is 8.29. The van der Waals surface area contributed by atoms with Gasteiger partial charge >= 0.3 is 0 Å². The summed E-state index contributed by atoms with van der Waals surface area (Å²) in [6, 6.07) is -0.447. The van der Waals surface area contributed by atoms with Gasteiger partial charge in [0.05, 0.1) is 6.04 Å². The number of hydrogen-bond acceptors (Lipinski definition) is 3. The minimum absolute atomic E-state index is 0.0754. The van der Waals surface area contributed by atoms with Crippen molar-refractivity contribution in [3.8, 4) is 0 Å². The van der Waals surface area contributed by atoms with E-state index in [0.29, 0.717) is 6.54 Å². The molecule has 0 unspecified atom stereocenters. The molecule has 12 heavy (non-hydrogen) atoms. The molecule has 0 aliphatic carbocycles. The van der Waals surface area contributed by atoms with Crippen molar-refractivity contribution in [2.24, 2.45) is 11.5 Å². The molecule has 0 bridgehead atoms. The predicted molar refractivity (Wildman–Crippen MR) is 49.6 cm³/mol. The fourth-order valence-corrected chi connectivity index (χ4v) is 1.04. The summed E-state index contributed by atoms with van der Waals surface area (Å²) in [6.07, 6.45) is 0. The van der Waals surface area contributed by atoms with Crippen LogP contribution in [0.1, 0.15) is 20.8 Å². The number of nitrogens with zero attached hydrogens (tertiary/aromatic N) is 1. The Morgan fingerprint density at radius 3 is 2.25 bits per heavy atom. The molecule has 0 spiro atoms. The number of rotatable bonds is 3. The molecule has 0 aromatic carbocycles. The van der Waals surface area contributed by atoms with Gasteiger partial charge in [-0.2, -0.15) is 0 Å². The fraction of sp³-hybridized carbons (Fsp3) is 0.875. The first-order valence-corrected chi connectivity index (χ1v) is 4.03. The zero-order valence-electron chi connectivity index (χ0n) is 8.29. The smallest absolute Gasteiger partial charge is 0.239 e. The molecule has 0 rings (SSSR count). The summed E-state index contributed by atoms with van der Waals surface area (Å²) in [5, 5.41) is 0. The van der Waals surface area contributed by atoms with Crippen LogP contribution in [-0.4, -0.2) is 36.0 Å². The molecule has 1 amide bonds. The number of amides is 1. The molecule has 0 radical (unpaired) electrons. The van der Waals surface area contributed by atoms with E-state index >= 15 is 0 Å². The van der Waals surface area contributed by atoms with Gasteiger partial charge in [-0.15, -0.1) is 0 Å². The number of hydrogen-bond donors (Lipinski definition) is 2. The summed E-state index contributed by atoms with van der Waals surface area (Å²) in [7, 11) is 1.71. The first-order valence-electron chi connectivity index (χ1n) is 4.03. The normalized spacial score (nSPS) is 14.2. The monoisotopic (exact) mass is 173 g/mol. The molecule has 4 heteroatoms. The highest BCUT2D eigenvalue weighted by Crippen LogP contribution is 2.00. The van der Waals surface area contributed by atoms with Crippen molar-refractivity contribution in [3.63, 3.8) is 0 Å². The summed E-state index contributed by atoms with van der Waals surface area (Å²) in [6.45, 7) is 5.94. The van der Waals surface area contributed by atoms with Gasteiger partial charge in [-0.1, -0.05) is 0 Å². The van der Waals surface area contributed by atoms with Gasteiger partial charge in [-0.05, 0) is 20.8 Å². The lowest BCUT2D eigenvalue weighted by Gasteiger charge is -2.27. The summed E-state index contributed by atoms with van der Waals surface area (Å²) >= 11 is 0. The Labute approximate surface area is 73.9 Å². The summed E-state index contributed by atoms with van der Waals surface area (Å²) in [5.74, 6) is -0.0754. The maximum Gasteiger partial charge on any atom is 0.239 e. The molecule has 0 aromatic heterocycles. The van der Waals surface area contributed by atoms with E-state index in [2.05, 4.69) is 0 Å². The maximum absolute atomic E-state index is 11.3. The lowest BCUT2D eigenvalue weighted by molar-refractivity contribution is -0.131. The van der Waals surface area contributed by atoms with Crippen LogP contribution in [0.25, 0.3) is 0 Å². The van der Waals surface area contributed by atoms with Gasteiger partial charge in [0.25, 0.3) is 0 Å². The van der Waals surface area contributed by atoms with Crippen LogP contribution in [0.4, 0.5) is 0 Å². The second kappa shape index (κ2) is 3.87. The van der Waals surface area contributed by atoms with Gasteiger partial charge in [0.1, 0.15) is 0 Å². The predicted octanol–water partition coefficient (Wildman–Crippen LogP) is -0.471. The number of carbonyl (C=O) groups is 1. The molecule has 0 saturated heterocycles. The van der Waals surface area contributed by atoms with E-state index in [1.165, 1.54) is 0 Å². The third-order valence-corrected chi connectivity index (χ3v) is 1.41. The van der Waals surface area contributed by atoms with Crippen LogP contribution in [0.15, 0.2) is 0 Å². The van der Waals surface area contributed by atoms with Crippen LogP contribution < -0.4 is 11.5 Å². The third kappa shape index (κ3) is 4.31. The summed E-state index contributed by atoms with van der Waals surface area (Å²) in [4.78, 5) is 12.8. The SMILES string of the molecule is C[C@H](N)C(=O)N(C)CC(C)(C)N. The fourth-order valence-electron chi connectivity index (χ4n) is 1.04. The highest BCUT2D eigenvalue weighted by Gasteiger charge is 2.19. The lowest BCUT2D eigenvalue weighted by atomic mass is 10.1. The number of likely N-dealkylation sites (N-methyl/N-ethyl adjacent to an activating group) is 1. The molecule has 1 atom stereocenters. The molecule has 0 aliphatic heterocycles. The van der Waals surface area contributed by atoms with E-state index in [1.807, 2.05) is 13.8 Å². The zero-order chi connectivity index (χ0) is 9.94. The Kier molecular flexibility index (Phi) is 3.67. The first kappa shape index (κ1) is 11.4. The summed E-state index contributed by atoms with van der Waals surface area (Å²) < 4.78 is 0. The van der Waals surface area contributed by atoms with E-state index in [-0.39, 0.29) is 11.4 Å².